The Labute approximate surface area is 175 Å². The van der Waals surface area contributed by atoms with Gasteiger partial charge in [-0.3, -0.25) is 14.7 Å². The minimum atomic E-state index is 0.147. The number of nitrogens with one attached hydrogen (secondary N) is 3. The molecule has 1 saturated heterocycles. The molecule has 1 amide bonds. The van der Waals surface area contributed by atoms with Crippen LogP contribution in [0.4, 0.5) is 0 Å². The van der Waals surface area contributed by atoms with Gasteiger partial charge in [-0.15, -0.1) is 0 Å². The maximum Gasteiger partial charge on any atom is 0.221 e. The molecule has 1 aliphatic carbocycles. The Balaban J connectivity index is 1.30. The maximum absolute atomic E-state index is 12.1. The van der Waals surface area contributed by atoms with Crippen molar-refractivity contribution in [1.82, 2.24) is 20.9 Å². The number of guanidine groups is 1. The number of carbonyl (C=O) groups is 1. The van der Waals surface area contributed by atoms with E-state index >= 15 is 0 Å². The summed E-state index contributed by atoms with van der Waals surface area (Å²) in [5.74, 6) is 0.950. The summed E-state index contributed by atoms with van der Waals surface area (Å²) in [6, 6.07) is 11.5. The van der Waals surface area contributed by atoms with Crippen molar-refractivity contribution in [2.75, 3.05) is 26.7 Å². The maximum atomic E-state index is 12.1. The standard InChI is InChI=1S/C23H37N5O/c1-24-23(25-15-12-22(29)26-20-10-6-3-7-11-20)27-21-13-16-28(17-14-21)18-19-8-4-2-5-9-19/h2,4-5,8-9,20-21H,3,6-7,10-18H2,1H3,(H,26,29)(H2,24,25,27). The second kappa shape index (κ2) is 11.8. The van der Waals surface area contributed by atoms with E-state index in [0.717, 1.165) is 51.3 Å². The first-order valence-electron chi connectivity index (χ1n) is 11.3. The van der Waals surface area contributed by atoms with Crippen molar-refractivity contribution in [1.29, 1.82) is 0 Å². The molecule has 1 aliphatic heterocycles. The number of carbonyl (C=O) groups excluding carboxylic acids is 1. The van der Waals surface area contributed by atoms with Crippen LogP contribution >= 0.6 is 0 Å². The molecule has 1 heterocycles. The van der Waals surface area contributed by atoms with Crippen LogP contribution in [-0.2, 0) is 11.3 Å². The Kier molecular flexibility index (Phi) is 8.81. The van der Waals surface area contributed by atoms with Crippen LogP contribution in [0.5, 0.6) is 0 Å². The molecule has 3 N–H and O–H groups in total. The highest BCUT2D eigenvalue weighted by Gasteiger charge is 2.20. The molecule has 2 fully saturated rings. The van der Waals surface area contributed by atoms with Gasteiger partial charge in [-0.1, -0.05) is 49.6 Å². The van der Waals surface area contributed by atoms with Crippen LogP contribution in [0.2, 0.25) is 0 Å². The van der Waals surface area contributed by atoms with Crippen LogP contribution < -0.4 is 16.0 Å². The minimum absolute atomic E-state index is 0.147. The Morgan fingerprint density at radius 2 is 1.69 bits per heavy atom. The van der Waals surface area contributed by atoms with Crippen LogP contribution in [0.25, 0.3) is 0 Å². The number of nitrogens with zero attached hydrogens (tertiary/aromatic N) is 2. The summed E-state index contributed by atoms with van der Waals surface area (Å²) >= 11 is 0. The second-order valence-electron chi connectivity index (χ2n) is 8.33. The van der Waals surface area contributed by atoms with Gasteiger partial charge in [0.25, 0.3) is 0 Å². The number of hydrogen-bond acceptors (Lipinski definition) is 3. The molecule has 6 nitrogen and oxygen atoms in total. The van der Waals surface area contributed by atoms with Crippen molar-refractivity contribution in [3.8, 4) is 0 Å². The van der Waals surface area contributed by atoms with E-state index in [1.54, 1.807) is 7.05 Å². The zero-order chi connectivity index (χ0) is 20.3. The minimum Gasteiger partial charge on any atom is -0.356 e. The number of piperidine rings is 1. The van der Waals surface area contributed by atoms with Gasteiger partial charge < -0.3 is 16.0 Å². The molecular weight excluding hydrogens is 362 g/mol. The predicted molar refractivity (Wildman–Crippen MR) is 119 cm³/mol. The third-order valence-corrected chi connectivity index (χ3v) is 6.02. The fourth-order valence-electron chi connectivity index (χ4n) is 4.31. The molecule has 1 saturated carbocycles. The molecule has 0 unspecified atom stereocenters. The van der Waals surface area contributed by atoms with E-state index in [-0.39, 0.29) is 5.91 Å². The summed E-state index contributed by atoms with van der Waals surface area (Å²) in [6.45, 7) is 3.82. The van der Waals surface area contributed by atoms with Gasteiger partial charge in [-0.25, -0.2) is 0 Å². The van der Waals surface area contributed by atoms with Crippen molar-refractivity contribution in [2.45, 2.75) is 70.0 Å². The fourth-order valence-corrected chi connectivity index (χ4v) is 4.31. The molecule has 0 atom stereocenters. The summed E-state index contributed by atoms with van der Waals surface area (Å²) < 4.78 is 0. The van der Waals surface area contributed by atoms with E-state index in [1.165, 1.54) is 24.8 Å². The third-order valence-electron chi connectivity index (χ3n) is 6.02. The summed E-state index contributed by atoms with van der Waals surface area (Å²) in [4.78, 5) is 19.0. The van der Waals surface area contributed by atoms with Crippen molar-refractivity contribution in [3.05, 3.63) is 35.9 Å². The third kappa shape index (κ3) is 7.69. The lowest BCUT2D eigenvalue weighted by molar-refractivity contribution is -0.121. The molecule has 1 aromatic rings. The number of hydrogen-bond donors (Lipinski definition) is 3. The molecule has 0 bridgehead atoms. The van der Waals surface area contributed by atoms with Gasteiger partial charge in [0.2, 0.25) is 5.91 Å². The first-order valence-corrected chi connectivity index (χ1v) is 11.3. The largest absolute Gasteiger partial charge is 0.356 e. The van der Waals surface area contributed by atoms with E-state index in [0.29, 0.717) is 25.0 Å². The number of likely N-dealkylation sites (tertiary alicyclic amines) is 1. The average molecular weight is 400 g/mol. The lowest BCUT2D eigenvalue weighted by Gasteiger charge is -2.33. The fraction of sp³-hybridized carbons (Fsp3) is 0.652. The van der Waals surface area contributed by atoms with Crippen molar-refractivity contribution in [2.24, 2.45) is 4.99 Å². The second-order valence-corrected chi connectivity index (χ2v) is 8.33. The van der Waals surface area contributed by atoms with Crippen LogP contribution in [0.3, 0.4) is 0 Å². The number of aliphatic imine (C=N–C) groups is 1. The molecule has 1 aromatic carbocycles. The number of amides is 1. The van der Waals surface area contributed by atoms with Crippen LogP contribution in [0.15, 0.2) is 35.3 Å². The Hall–Kier alpha value is -2.08. The Bertz CT molecular complexity index is 634. The topological polar surface area (TPSA) is 68.8 Å². The predicted octanol–water partition coefficient (Wildman–Crippen LogP) is 2.66. The highest BCUT2D eigenvalue weighted by Crippen LogP contribution is 2.17. The molecule has 0 aromatic heterocycles. The van der Waals surface area contributed by atoms with E-state index < -0.39 is 0 Å². The van der Waals surface area contributed by atoms with E-state index in [2.05, 4.69) is 56.2 Å². The zero-order valence-electron chi connectivity index (χ0n) is 17.8. The van der Waals surface area contributed by atoms with Gasteiger partial charge in [0.15, 0.2) is 5.96 Å². The van der Waals surface area contributed by atoms with Gasteiger partial charge >= 0.3 is 0 Å². The molecule has 6 heteroatoms. The van der Waals surface area contributed by atoms with Crippen molar-refractivity contribution < 1.29 is 4.79 Å². The van der Waals surface area contributed by atoms with Crippen molar-refractivity contribution in [3.63, 3.8) is 0 Å². The van der Waals surface area contributed by atoms with Crippen LogP contribution in [0, 0.1) is 0 Å². The first kappa shape index (κ1) is 21.6. The van der Waals surface area contributed by atoms with Gasteiger partial charge in [-0.2, -0.15) is 0 Å². The van der Waals surface area contributed by atoms with Gasteiger partial charge in [0.1, 0.15) is 0 Å². The normalized spacial score (nSPS) is 19.7. The van der Waals surface area contributed by atoms with E-state index in [9.17, 15) is 4.79 Å². The average Bonchev–Trinajstić information content (AvgIpc) is 2.76. The quantitative estimate of drug-likeness (QED) is 0.487. The lowest BCUT2D eigenvalue weighted by atomic mass is 9.95. The van der Waals surface area contributed by atoms with Crippen LogP contribution in [0.1, 0.15) is 56.9 Å². The summed E-state index contributed by atoms with van der Waals surface area (Å²) in [5, 5.41) is 10.00. The SMILES string of the molecule is CN=C(NCCC(=O)NC1CCCCC1)NC1CCN(Cc2ccccc2)CC1. The summed E-state index contributed by atoms with van der Waals surface area (Å²) in [6.07, 6.45) is 8.75. The van der Waals surface area contributed by atoms with Gasteiger partial charge in [-0.05, 0) is 31.2 Å². The summed E-state index contributed by atoms with van der Waals surface area (Å²) in [7, 11) is 1.79. The van der Waals surface area contributed by atoms with E-state index in [4.69, 9.17) is 0 Å². The Morgan fingerprint density at radius 3 is 2.38 bits per heavy atom. The Morgan fingerprint density at radius 1 is 1.00 bits per heavy atom. The van der Waals surface area contributed by atoms with E-state index in [1.807, 2.05) is 0 Å². The molecule has 160 valence electrons. The highest BCUT2D eigenvalue weighted by molar-refractivity contribution is 5.81. The monoisotopic (exact) mass is 399 g/mol. The van der Waals surface area contributed by atoms with Gasteiger partial charge in [0, 0.05) is 51.7 Å². The molecule has 2 aliphatic rings. The summed E-state index contributed by atoms with van der Waals surface area (Å²) in [5.41, 5.74) is 1.38. The number of benzene rings is 1. The smallest absolute Gasteiger partial charge is 0.221 e. The zero-order valence-corrected chi connectivity index (χ0v) is 17.8. The van der Waals surface area contributed by atoms with Gasteiger partial charge in [0.05, 0.1) is 0 Å². The lowest BCUT2D eigenvalue weighted by Crippen LogP contribution is -2.49. The molecule has 0 radical (unpaired) electrons. The molecular formula is C23H37N5O. The molecule has 3 rings (SSSR count). The molecule has 29 heavy (non-hydrogen) atoms. The van der Waals surface area contributed by atoms with Crippen LogP contribution in [-0.4, -0.2) is 55.5 Å². The highest BCUT2D eigenvalue weighted by atomic mass is 16.1. The molecule has 0 spiro atoms. The number of rotatable bonds is 7. The van der Waals surface area contributed by atoms with Crippen molar-refractivity contribution >= 4 is 11.9 Å². The first-order chi connectivity index (χ1) is 14.2.